The van der Waals surface area contributed by atoms with E-state index >= 15 is 0 Å². The molecule has 148 valence electrons. The average Bonchev–Trinajstić information content (AvgIpc) is 3.49. The van der Waals surface area contributed by atoms with Gasteiger partial charge >= 0.3 is 0 Å². The van der Waals surface area contributed by atoms with Crippen LogP contribution in [0.4, 0.5) is 0 Å². The summed E-state index contributed by atoms with van der Waals surface area (Å²) in [6, 6.07) is 22.7. The predicted octanol–water partition coefficient (Wildman–Crippen LogP) is 10.5. The van der Waals surface area contributed by atoms with Crippen molar-refractivity contribution in [3.63, 3.8) is 0 Å². The molecule has 30 heavy (non-hydrogen) atoms. The molecule has 0 saturated heterocycles. The highest BCUT2D eigenvalue weighted by Gasteiger charge is 2.14. The lowest BCUT2D eigenvalue weighted by Gasteiger charge is -1.92. The number of thiophene rings is 6. The van der Waals surface area contributed by atoms with Gasteiger partial charge < -0.3 is 0 Å². The van der Waals surface area contributed by atoms with Gasteiger partial charge in [0.25, 0.3) is 0 Å². The Hall–Kier alpha value is -1.54. The normalized spacial score (nSPS) is 11.7. The summed E-state index contributed by atoms with van der Waals surface area (Å²) < 4.78 is 2.79. The van der Waals surface area contributed by atoms with E-state index in [1.807, 2.05) is 68.0 Å². The van der Waals surface area contributed by atoms with E-state index in [-0.39, 0.29) is 0 Å². The van der Waals surface area contributed by atoms with Crippen LogP contribution in [0.2, 0.25) is 0 Å². The van der Waals surface area contributed by atoms with E-state index in [9.17, 15) is 0 Å². The molecule has 0 amide bonds. The molecule has 6 heteroatoms. The number of fused-ring (bicyclic) bond motifs is 1. The zero-order valence-electron chi connectivity index (χ0n) is 16.2. The second-order valence-electron chi connectivity index (χ2n) is 7.10. The van der Waals surface area contributed by atoms with E-state index in [2.05, 4.69) is 74.5 Å². The molecule has 0 aliphatic carbocycles. The lowest BCUT2D eigenvalue weighted by molar-refractivity contribution is 1.64. The van der Waals surface area contributed by atoms with Gasteiger partial charge in [-0.2, -0.15) is 0 Å². The van der Waals surface area contributed by atoms with Crippen molar-refractivity contribution in [1.82, 2.24) is 0 Å². The highest BCUT2D eigenvalue weighted by Crippen LogP contribution is 2.47. The van der Waals surface area contributed by atoms with Gasteiger partial charge in [-0.25, -0.2) is 0 Å². The second kappa shape index (κ2) is 7.55. The molecule has 0 atom stereocenters. The molecule has 0 aliphatic heterocycles. The number of aryl methyl sites for hydroxylation is 2. The zero-order valence-corrected chi connectivity index (χ0v) is 21.1. The van der Waals surface area contributed by atoms with Crippen LogP contribution in [-0.4, -0.2) is 0 Å². The molecule has 6 aromatic heterocycles. The van der Waals surface area contributed by atoms with Crippen molar-refractivity contribution in [2.24, 2.45) is 0 Å². The largest absolute Gasteiger partial charge is 0.140 e. The Morgan fingerprint density at radius 1 is 0.367 bits per heavy atom. The molecule has 0 fully saturated rings. The van der Waals surface area contributed by atoms with Crippen LogP contribution in [0.5, 0.6) is 0 Å². The lowest BCUT2D eigenvalue weighted by atomic mass is 10.3. The summed E-state index contributed by atoms with van der Waals surface area (Å²) in [6.45, 7) is 4.34. The average molecular weight is 497 g/mol. The Morgan fingerprint density at radius 2 is 0.700 bits per heavy atom. The van der Waals surface area contributed by atoms with Gasteiger partial charge in [0.2, 0.25) is 0 Å². The maximum Gasteiger partial charge on any atom is 0.0464 e. The summed E-state index contributed by atoms with van der Waals surface area (Å²) in [4.78, 5) is 13.7. The molecule has 0 N–H and O–H groups in total. The molecule has 0 unspecified atom stereocenters. The fourth-order valence-electron chi connectivity index (χ4n) is 3.42. The van der Waals surface area contributed by atoms with Crippen molar-refractivity contribution in [1.29, 1.82) is 0 Å². The molecule has 6 heterocycles. The molecule has 6 aromatic rings. The Labute approximate surface area is 199 Å². The lowest BCUT2D eigenvalue weighted by Crippen LogP contribution is -1.59. The van der Waals surface area contributed by atoms with Crippen LogP contribution in [0.3, 0.4) is 0 Å². The maximum atomic E-state index is 2.38. The third-order valence-corrected chi connectivity index (χ3v) is 12.1. The standard InChI is InChI=1S/C24H16S6/c1-13-3-5-15(25-13)17-7-9-19(27-17)21-11-23-24(29-21)12-22(30-23)20-10-8-18(28-20)16-6-4-14(2)26-16/h3-12H,1-2H3. The molecule has 0 spiro atoms. The Balaban J connectivity index is 1.29. The summed E-state index contributed by atoms with van der Waals surface area (Å²) in [6.07, 6.45) is 0. The van der Waals surface area contributed by atoms with Gasteiger partial charge in [0.05, 0.1) is 0 Å². The van der Waals surface area contributed by atoms with Gasteiger partial charge in [-0.15, -0.1) is 68.0 Å². The number of hydrogen-bond donors (Lipinski definition) is 0. The Kier molecular flexibility index (Phi) is 4.82. The van der Waals surface area contributed by atoms with Crippen LogP contribution in [0.1, 0.15) is 9.75 Å². The molecule has 0 aromatic carbocycles. The molecule has 0 nitrogen and oxygen atoms in total. The van der Waals surface area contributed by atoms with E-state index in [1.165, 1.54) is 58.2 Å². The van der Waals surface area contributed by atoms with E-state index in [4.69, 9.17) is 0 Å². The minimum absolute atomic E-state index is 1.37. The smallest absolute Gasteiger partial charge is 0.0464 e. The van der Waals surface area contributed by atoms with Crippen molar-refractivity contribution in [3.05, 3.63) is 70.4 Å². The first-order valence-corrected chi connectivity index (χ1v) is 14.4. The van der Waals surface area contributed by atoms with Crippen molar-refractivity contribution < 1.29 is 0 Å². The van der Waals surface area contributed by atoms with Gasteiger partial charge in [0.1, 0.15) is 0 Å². The highest BCUT2D eigenvalue weighted by molar-refractivity contribution is 7.34. The van der Waals surface area contributed by atoms with Crippen molar-refractivity contribution in [3.8, 4) is 39.0 Å². The van der Waals surface area contributed by atoms with Crippen LogP contribution in [0, 0.1) is 13.8 Å². The number of hydrogen-bond acceptors (Lipinski definition) is 6. The topological polar surface area (TPSA) is 0 Å². The fraction of sp³-hybridized carbons (Fsp3) is 0.0833. The molecule has 6 rings (SSSR count). The molecular weight excluding hydrogens is 481 g/mol. The quantitative estimate of drug-likeness (QED) is 0.228. The van der Waals surface area contributed by atoms with Crippen molar-refractivity contribution in [2.45, 2.75) is 13.8 Å². The van der Waals surface area contributed by atoms with Crippen molar-refractivity contribution >= 4 is 77.4 Å². The van der Waals surface area contributed by atoms with Gasteiger partial charge in [-0.05, 0) is 74.5 Å². The summed E-state index contributed by atoms with van der Waals surface area (Å²) in [5, 5.41) is 0. The van der Waals surface area contributed by atoms with E-state index in [0.29, 0.717) is 0 Å². The van der Waals surface area contributed by atoms with Crippen LogP contribution in [-0.2, 0) is 0 Å². The molecular formula is C24H16S6. The second-order valence-corrected chi connectivity index (χ2v) is 14.0. The highest BCUT2D eigenvalue weighted by atomic mass is 32.1. The zero-order chi connectivity index (χ0) is 20.2. The van der Waals surface area contributed by atoms with E-state index in [1.54, 1.807) is 0 Å². The minimum Gasteiger partial charge on any atom is -0.140 e. The molecule has 0 radical (unpaired) electrons. The Bertz CT molecular complexity index is 1340. The predicted molar refractivity (Wildman–Crippen MR) is 142 cm³/mol. The minimum atomic E-state index is 1.37. The van der Waals surface area contributed by atoms with Crippen LogP contribution < -0.4 is 0 Å². The van der Waals surface area contributed by atoms with E-state index in [0.717, 1.165) is 0 Å². The van der Waals surface area contributed by atoms with Crippen LogP contribution in [0.15, 0.2) is 60.7 Å². The molecule has 0 bridgehead atoms. The Morgan fingerprint density at radius 3 is 1.07 bits per heavy atom. The third kappa shape index (κ3) is 3.45. The third-order valence-electron chi connectivity index (χ3n) is 4.87. The van der Waals surface area contributed by atoms with E-state index < -0.39 is 0 Å². The van der Waals surface area contributed by atoms with Gasteiger partial charge in [-0.1, -0.05) is 0 Å². The fourth-order valence-corrected chi connectivity index (χ4v) is 9.90. The maximum absolute atomic E-state index is 2.38. The first-order valence-electron chi connectivity index (χ1n) is 9.50. The summed E-state index contributed by atoms with van der Waals surface area (Å²) >= 11 is 11.4. The summed E-state index contributed by atoms with van der Waals surface area (Å²) in [7, 11) is 0. The van der Waals surface area contributed by atoms with Gasteiger partial charge in [-0.3, -0.25) is 0 Å². The first-order chi connectivity index (χ1) is 14.6. The summed E-state index contributed by atoms with van der Waals surface area (Å²) in [5.74, 6) is 0. The van der Waals surface area contributed by atoms with Crippen LogP contribution >= 0.6 is 68.0 Å². The number of rotatable bonds is 4. The molecule has 0 aliphatic rings. The van der Waals surface area contributed by atoms with Crippen molar-refractivity contribution in [2.75, 3.05) is 0 Å². The van der Waals surface area contributed by atoms with Gasteiger partial charge in [0.15, 0.2) is 0 Å². The monoisotopic (exact) mass is 496 g/mol. The SMILES string of the molecule is Cc1ccc(-c2ccc(-c3cc4sc(-c5ccc(-c6ccc(C)s6)s5)cc4s3)s2)s1. The van der Waals surface area contributed by atoms with Gasteiger partial charge in [0, 0.05) is 58.2 Å². The summed E-state index contributed by atoms with van der Waals surface area (Å²) in [5.41, 5.74) is 0. The molecule has 0 saturated carbocycles. The first kappa shape index (κ1) is 19.2. The van der Waals surface area contributed by atoms with Crippen LogP contribution in [0.25, 0.3) is 48.4 Å².